The normalized spacial score (nSPS) is 10.9. The Morgan fingerprint density at radius 2 is 2.00 bits per heavy atom. The maximum atomic E-state index is 13.5. The first-order valence-electron chi connectivity index (χ1n) is 6.78. The van der Waals surface area contributed by atoms with Crippen LogP contribution in [-0.4, -0.2) is 9.97 Å². The highest BCUT2D eigenvalue weighted by Crippen LogP contribution is 2.26. The predicted molar refractivity (Wildman–Crippen MR) is 78.9 cm³/mol. The molecule has 3 heteroatoms. The van der Waals surface area contributed by atoms with Crippen molar-refractivity contribution in [2.75, 3.05) is 0 Å². The average Bonchev–Trinajstić information content (AvgIpc) is 2.47. The third kappa shape index (κ3) is 2.39. The zero-order chi connectivity index (χ0) is 13.9. The molecule has 0 radical (unpaired) electrons. The molecule has 1 aromatic carbocycles. The summed E-state index contributed by atoms with van der Waals surface area (Å²) in [5.41, 5.74) is 3.36. The molecule has 0 saturated heterocycles. The fraction of sp³-hybridized carbons (Fsp3) is 0.176. The summed E-state index contributed by atoms with van der Waals surface area (Å²) in [7, 11) is 0. The summed E-state index contributed by atoms with van der Waals surface area (Å²) in [6.45, 7) is 2.12. The number of halogens is 1. The molecule has 0 N–H and O–H groups in total. The van der Waals surface area contributed by atoms with E-state index in [9.17, 15) is 4.39 Å². The van der Waals surface area contributed by atoms with Crippen molar-refractivity contribution in [1.29, 1.82) is 0 Å². The van der Waals surface area contributed by atoms with E-state index < -0.39 is 0 Å². The number of nitrogens with zero attached hydrogens (tertiary/aromatic N) is 2. The molecule has 20 heavy (non-hydrogen) atoms. The highest BCUT2D eigenvalue weighted by atomic mass is 19.1. The number of pyridine rings is 2. The van der Waals surface area contributed by atoms with Gasteiger partial charge in [-0.1, -0.05) is 31.5 Å². The van der Waals surface area contributed by atoms with Crippen LogP contribution in [0.2, 0.25) is 0 Å². The number of fused-ring (bicyclic) bond motifs is 1. The lowest BCUT2D eigenvalue weighted by molar-refractivity contribution is 0.628. The van der Waals surface area contributed by atoms with Crippen LogP contribution in [0.25, 0.3) is 22.2 Å². The standard InChI is InChI=1S/C17H15FN2/c1-2-5-15-11-13-7-4-9-19-16(13)17(20-15)12-6-3-8-14(18)10-12/h3-4,6-11H,2,5H2,1H3. The number of hydrogen-bond donors (Lipinski definition) is 0. The Hall–Kier alpha value is -2.29. The minimum absolute atomic E-state index is 0.255. The lowest BCUT2D eigenvalue weighted by atomic mass is 10.1. The van der Waals surface area contributed by atoms with Gasteiger partial charge in [0.25, 0.3) is 0 Å². The van der Waals surface area contributed by atoms with Gasteiger partial charge in [0.2, 0.25) is 0 Å². The molecule has 0 amide bonds. The summed E-state index contributed by atoms with van der Waals surface area (Å²) < 4.78 is 13.5. The molecule has 0 aliphatic rings. The van der Waals surface area contributed by atoms with E-state index in [1.807, 2.05) is 18.2 Å². The quantitative estimate of drug-likeness (QED) is 0.702. The van der Waals surface area contributed by atoms with E-state index >= 15 is 0 Å². The summed E-state index contributed by atoms with van der Waals surface area (Å²) in [5.74, 6) is -0.255. The molecule has 0 saturated carbocycles. The SMILES string of the molecule is CCCc1cc2cccnc2c(-c2cccc(F)c2)n1. The second kappa shape index (κ2) is 5.37. The van der Waals surface area contributed by atoms with Crippen molar-refractivity contribution in [3.8, 4) is 11.3 Å². The van der Waals surface area contributed by atoms with Crippen molar-refractivity contribution < 1.29 is 4.39 Å². The lowest BCUT2D eigenvalue weighted by Crippen LogP contribution is -1.95. The van der Waals surface area contributed by atoms with Gasteiger partial charge in [-0.2, -0.15) is 0 Å². The van der Waals surface area contributed by atoms with Crippen LogP contribution in [0, 0.1) is 5.82 Å². The van der Waals surface area contributed by atoms with E-state index in [2.05, 4.69) is 23.0 Å². The summed E-state index contributed by atoms with van der Waals surface area (Å²) in [6, 6.07) is 12.5. The van der Waals surface area contributed by atoms with Crippen LogP contribution < -0.4 is 0 Å². The summed E-state index contributed by atoms with van der Waals surface area (Å²) in [4.78, 5) is 9.08. The van der Waals surface area contributed by atoms with E-state index in [0.717, 1.165) is 40.7 Å². The van der Waals surface area contributed by atoms with E-state index in [0.29, 0.717) is 0 Å². The molecule has 0 aliphatic carbocycles. The monoisotopic (exact) mass is 266 g/mol. The van der Waals surface area contributed by atoms with Gasteiger partial charge >= 0.3 is 0 Å². The molecule has 3 aromatic rings. The van der Waals surface area contributed by atoms with Crippen LogP contribution in [0.15, 0.2) is 48.7 Å². The van der Waals surface area contributed by atoms with Gasteiger partial charge in [0.15, 0.2) is 0 Å². The molecule has 0 fully saturated rings. The molecule has 2 nitrogen and oxygen atoms in total. The Bertz CT molecular complexity index is 753. The van der Waals surface area contributed by atoms with E-state index in [1.165, 1.54) is 12.1 Å². The van der Waals surface area contributed by atoms with Crippen molar-refractivity contribution >= 4 is 10.9 Å². The lowest BCUT2D eigenvalue weighted by Gasteiger charge is -2.08. The minimum atomic E-state index is -0.255. The molecule has 2 heterocycles. The van der Waals surface area contributed by atoms with Crippen LogP contribution in [0.4, 0.5) is 4.39 Å². The molecule has 3 rings (SSSR count). The first kappa shape index (κ1) is 12.7. The first-order valence-corrected chi connectivity index (χ1v) is 6.78. The second-order valence-electron chi connectivity index (χ2n) is 4.80. The second-order valence-corrected chi connectivity index (χ2v) is 4.80. The molecular formula is C17H15FN2. The number of aryl methyl sites for hydroxylation is 1. The average molecular weight is 266 g/mol. The molecule has 2 aromatic heterocycles. The Morgan fingerprint density at radius 3 is 2.80 bits per heavy atom. The molecule has 0 unspecified atom stereocenters. The van der Waals surface area contributed by atoms with E-state index in [4.69, 9.17) is 0 Å². The molecule has 0 bridgehead atoms. The number of rotatable bonds is 3. The van der Waals surface area contributed by atoms with Gasteiger partial charge in [-0.3, -0.25) is 9.97 Å². The van der Waals surface area contributed by atoms with Crippen molar-refractivity contribution in [3.63, 3.8) is 0 Å². The van der Waals surface area contributed by atoms with Gasteiger partial charge in [0.1, 0.15) is 5.82 Å². The molecule has 0 aliphatic heterocycles. The topological polar surface area (TPSA) is 25.8 Å². The third-order valence-electron chi connectivity index (χ3n) is 3.24. The molecule has 100 valence electrons. The van der Waals surface area contributed by atoms with Crippen LogP contribution >= 0.6 is 0 Å². The maximum absolute atomic E-state index is 13.5. The van der Waals surface area contributed by atoms with Gasteiger partial charge in [-0.05, 0) is 30.7 Å². The summed E-state index contributed by atoms with van der Waals surface area (Å²) in [5, 5.41) is 1.05. The third-order valence-corrected chi connectivity index (χ3v) is 3.24. The van der Waals surface area contributed by atoms with Gasteiger partial charge in [0.05, 0.1) is 11.2 Å². The fourth-order valence-electron chi connectivity index (χ4n) is 2.36. The fourth-order valence-corrected chi connectivity index (χ4v) is 2.36. The van der Waals surface area contributed by atoms with Gasteiger partial charge in [-0.15, -0.1) is 0 Å². The number of hydrogen-bond acceptors (Lipinski definition) is 2. The zero-order valence-corrected chi connectivity index (χ0v) is 11.3. The molecule has 0 atom stereocenters. The van der Waals surface area contributed by atoms with Crippen molar-refractivity contribution in [1.82, 2.24) is 9.97 Å². The van der Waals surface area contributed by atoms with Gasteiger partial charge < -0.3 is 0 Å². The minimum Gasteiger partial charge on any atom is -0.254 e. The van der Waals surface area contributed by atoms with Crippen LogP contribution in [0.1, 0.15) is 19.0 Å². The Morgan fingerprint density at radius 1 is 1.10 bits per heavy atom. The highest BCUT2D eigenvalue weighted by molar-refractivity contribution is 5.91. The van der Waals surface area contributed by atoms with Gasteiger partial charge in [-0.25, -0.2) is 4.39 Å². The Labute approximate surface area is 117 Å². The zero-order valence-electron chi connectivity index (χ0n) is 11.3. The van der Waals surface area contributed by atoms with Crippen molar-refractivity contribution in [3.05, 3.63) is 60.2 Å². The first-order chi connectivity index (χ1) is 9.78. The Balaban J connectivity index is 2.26. The molecular weight excluding hydrogens is 251 g/mol. The Kier molecular flexibility index (Phi) is 3.42. The van der Waals surface area contributed by atoms with Crippen LogP contribution in [-0.2, 0) is 6.42 Å². The van der Waals surface area contributed by atoms with Gasteiger partial charge in [0, 0.05) is 22.8 Å². The number of aromatic nitrogens is 2. The smallest absolute Gasteiger partial charge is 0.123 e. The highest BCUT2D eigenvalue weighted by Gasteiger charge is 2.09. The molecule has 0 spiro atoms. The summed E-state index contributed by atoms with van der Waals surface area (Å²) in [6.07, 6.45) is 3.68. The predicted octanol–water partition coefficient (Wildman–Crippen LogP) is 4.39. The van der Waals surface area contributed by atoms with Crippen LogP contribution in [0.5, 0.6) is 0 Å². The van der Waals surface area contributed by atoms with Crippen LogP contribution in [0.3, 0.4) is 0 Å². The maximum Gasteiger partial charge on any atom is 0.123 e. The largest absolute Gasteiger partial charge is 0.254 e. The number of benzene rings is 1. The van der Waals surface area contributed by atoms with Crippen molar-refractivity contribution in [2.45, 2.75) is 19.8 Å². The van der Waals surface area contributed by atoms with Crippen molar-refractivity contribution in [2.24, 2.45) is 0 Å². The summed E-state index contributed by atoms with van der Waals surface area (Å²) >= 11 is 0. The van der Waals surface area contributed by atoms with E-state index in [1.54, 1.807) is 12.3 Å². The van der Waals surface area contributed by atoms with E-state index in [-0.39, 0.29) is 5.82 Å².